The van der Waals surface area contributed by atoms with Gasteiger partial charge in [0.05, 0.1) is 6.07 Å². The topological polar surface area (TPSA) is 66.4 Å². The van der Waals surface area contributed by atoms with Gasteiger partial charge in [0, 0.05) is 19.6 Å². The van der Waals surface area contributed by atoms with Crippen molar-refractivity contribution in [2.75, 3.05) is 20.0 Å². The fourth-order valence-electron chi connectivity index (χ4n) is 2.94. The number of fused-ring (bicyclic) bond motifs is 5. The first kappa shape index (κ1) is 11.5. The zero-order chi connectivity index (χ0) is 13.9. The Balaban J connectivity index is 2.17. The van der Waals surface area contributed by atoms with Crippen LogP contribution in [-0.4, -0.2) is 18.9 Å². The molecule has 0 atom stereocenters. The van der Waals surface area contributed by atoms with Gasteiger partial charge in [-0.25, -0.2) is 0 Å². The molecule has 0 bridgehead atoms. The molecular weight excluding hydrogens is 258 g/mol. The Morgan fingerprint density at radius 2 is 1.95 bits per heavy atom. The van der Waals surface area contributed by atoms with E-state index in [2.05, 4.69) is 0 Å². The highest BCUT2D eigenvalue weighted by Gasteiger charge is 2.57. The maximum absolute atomic E-state index is 5.78. The summed E-state index contributed by atoms with van der Waals surface area (Å²) in [6.45, 7) is 0. The molecule has 2 N–H and O–H groups in total. The molecule has 1 aliphatic heterocycles. The molecule has 102 valence electrons. The Labute approximate surface area is 114 Å². The highest BCUT2D eigenvalue weighted by Crippen LogP contribution is 2.40. The van der Waals surface area contributed by atoms with Gasteiger partial charge in [0.1, 0.15) is 10.4 Å². The SMILES string of the molecule is COC1(OC)c2cc3ccccc3n2-[n+]2oc(N)cc21. The number of ether oxygens (including phenoxy) is 2. The summed E-state index contributed by atoms with van der Waals surface area (Å²) in [6.07, 6.45) is 0. The summed E-state index contributed by atoms with van der Waals surface area (Å²) >= 11 is 0. The van der Waals surface area contributed by atoms with E-state index < -0.39 is 5.79 Å². The van der Waals surface area contributed by atoms with Crippen LogP contribution >= 0.6 is 0 Å². The zero-order valence-electron chi connectivity index (χ0n) is 11.2. The van der Waals surface area contributed by atoms with Gasteiger partial charge in [0.25, 0.3) is 5.88 Å². The summed E-state index contributed by atoms with van der Waals surface area (Å²) in [6, 6.07) is 11.7. The number of nitrogens with zero attached hydrogens (tertiary/aromatic N) is 2. The van der Waals surface area contributed by atoms with Crippen LogP contribution in [0.2, 0.25) is 0 Å². The molecule has 3 aromatic rings. The number of methoxy groups -OCH3 is 2. The van der Waals surface area contributed by atoms with Gasteiger partial charge in [-0.2, -0.15) is 4.52 Å². The summed E-state index contributed by atoms with van der Waals surface area (Å²) < 4.78 is 18.8. The minimum absolute atomic E-state index is 0.307. The third-order valence-corrected chi connectivity index (χ3v) is 3.79. The van der Waals surface area contributed by atoms with Crippen molar-refractivity contribution < 1.29 is 18.8 Å². The van der Waals surface area contributed by atoms with Crippen LogP contribution in [0.3, 0.4) is 0 Å². The summed E-state index contributed by atoms with van der Waals surface area (Å²) in [5.41, 5.74) is 8.34. The van der Waals surface area contributed by atoms with Crippen molar-refractivity contribution >= 4 is 16.8 Å². The Morgan fingerprint density at radius 1 is 1.20 bits per heavy atom. The molecule has 1 aromatic carbocycles. The van der Waals surface area contributed by atoms with Crippen LogP contribution < -0.4 is 10.6 Å². The molecule has 0 fully saturated rings. The van der Waals surface area contributed by atoms with Crippen LogP contribution in [0.1, 0.15) is 11.4 Å². The largest absolute Gasteiger partial charge is 0.364 e. The van der Waals surface area contributed by atoms with E-state index >= 15 is 0 Å². The van der Waals surface area contributed by atoms with E-state index in [0.717, 1.165) is 16.6 Å². The zero-order valence-corrected chi connectivity index (χ0v) is 11.2. The van der Waals surface area contributed by atoms with Crippen molar-refractivity contribution in [1.82, 2.24) is 4.68 Å². The first-order chi connectivity index (χ1) is 9.71. The second kappa shape index (κ2) is 3.62. The molecule has 0 amide bonds. The summed E-state index contributed by atoms with van der Waals surface area (Å²) in [7, 11) is 3.20. The molecule has 1 aliphatic rings. The number of hydrogen-bond acceptors (Lipinski definition) is 4. The lowest BCUT2D eigenvalue weighted by Crippen LogP contribution is -2.40. The van der Waals surface area contributed by atoms with E-state index in [-0.39, 0.29) is 0 Å². The molecule has 6 nitrogen and oxygen atoms in total. The van der Waals surface area contributed by atoms with Crippen LogP contribution in [0.25, 0.3) is 10.9 Å². The minimum Gasteiger partial charge on any atom is -0.364 e. The predicted molar refractivity (Wildman–Crippen MR) is 70.8 cm³/mol. The van der Waals surface area contributed by atoms with Crippen LogP contribution in [0.5, 0.6) is 0 Å². The molecule has 0 saturated heterocycles. The minimum atomic E-state index is -1.01. The van der Waals surface area contributed by atoms with Crippen molar-refractivity contribution in [2.24, 2.45) is 0 Å². The molecule has 4 rings (SSSR count). The van der Waals surface area contributed by atoms with E-state index in [9.17, 15) is 0 Å². The molecule has 0 unspecified atom stereocenters. The molecule has 20 heavy (non-hydrogen) atoms. The van der Waals surface area contributed by atoms with Gasteiger partial charge in [0.15, 0.2) is 5.69 Å². The third kappa shape index (κ3) is 1.13. The van der Waals surface area contributed by atoms with Crippen molar-refractivity contribution in [3.63, 3.8) is 0 Å². The normalized spacial score (nSPS) is 15.5. The van der Waals surface area contributed by atoms with Gasteiger partial charge in [0.2, 0.25) is 0 Å². The second-order valence-electron chi connectivity index (χ2n) is 4.72. The first-order valence-corrected chi connectivity index (χ1v) is 6.25. The number of para-hydroxylation sites is 1. The Bertz CT molecular complexity index is 814. The smallest absolute Gasteiger partial charge is 0.336 e. The second-order valence-corrected chi connectivity index (χ2v) is 4.72. The number of aromatic nitrogens is 2. The molecule has 0 aliphatic carbocycles. The third-order valence-electron chi connectivity index (χ3n) is 3.79. The molecule has 2 aromatic heterocycles. The lowest BCUT2D eigenvalue weighted by molar-refractivity contribution is -0.885. The van der Waals surface area contributed by atoms with E-state index in [0.29, 0.717) is 11.6 Å². The fraction of sp³-hybridized carbons (Fsp3) is 0.214. The highest BCUT2D eigenvalue weighted by molar-refractivity contribution is 5.81. The van der Waals surface area contributed by atoms with E-state index in [1.807, 2.05) is 35.0 Å². The number of rotatable bonds is 2. The van der Waals surface area contributed by atoms with E-state index in [1.165, 1.54) is 0 Å². The maximum atomic E-state index is 5.78. The number of nitrogens with two attached hydrogens (primary N) is 1. The average molecular weight is 272 g/mol. The molecule has 3 heterocycles. The number of nitrogen functional groups attached to an aromatic ring is 1. The predicted octanol–water partition coefficient (Wildman–Crippen LogP) is 1.22. The summed E-state index contributed by atoms with van der Waals surface area (Å²) in [5.74, 6) is -0.706. The lowest BCUT2D eigenvalue weighted by Gasteiger charge is -2.19. The quantitative estimate of drug-likeness (QED) is 0.562. The van der Waals surface area contributed by atoms with Crippen molar-refractivity contribution in [3.05, 3.63) is 47.8 Å². The molecular formula is C14H14N3O3+. The van der Waals surface area contributed by atoms with Crippen molar-refractivity contribution in [3.8, 4) is 0 Å². The Morgan fingerprint density at radius 3 is 2.70 bits per heavy atom. The van der Waals surface area contributed by atoms with Gasteiger partial charge < -0.3 is 15.2 Å². The van der Waals surface area contributed by atoms with E-state index in [4.69, 9.17) is 19.7 Å². The average Bonchev–Trinajstić information content (AvgIpc) is 3.07. The van der Waals surface area contributed by atoms with Gasteiger partial charge in [-0.05, 0) is 12.1 Å². The van der Waals surface area contributed by atoms with Gasteiger partial charge >= 0.3 is 11.5 Å². The van der Waals surface area contributed by atoms with Crippen LogP contribution in [-0.2, 0) is 15.3 Å². The Kier molecular flexibility index (Phi) is 2.08. The fourth-order valence-corrected chi connectivity index (χ4v) is 2.94. The first-order valence-electron chi connectivity index (χ1n) is 6.25. The van der Waals surface area contributed by atoms with E-state index in [1.54, 1.807) is 25.1 Å². The molecule has 0 spiro atoms. The Hall–Kier alpha value is -2.31. The maximum Gasteiger partial charge on any atom is 0.336 e. The van der Waals surface area contributed by atoms with Crippen molar-refractivity contribution in [1.29, 1.82) is 0 Å². The van der Waals surface area contributed by atoms with Gasteiger partial charge in [-0.15, -0.1) is 0 Å². The van der Waals surface area contributed by atoms with Gasteiger partial charge in [-0.3, -0.25) is 0 Å². The summed E-state index contributed by atoms with van der Waals surface area (Å²) in [4.78, 5) is 1.61. The number of anilines is 1. The van der Waals surface area contributed by atoms with Crippen LogP contribution in [0.4, 0.5) is 5.88 Å². The van der Waals surface area contributed by atoms with Crippen LogP contribution in [0, 0.1) is 0 Å². The molecule has 0 radical (unpaired) electrons. The molecule has 0 saturated carbocycles. The highest BCUT2D eigenvalue weighted by atomic mass is 16.7. The van der Waals surface area contributed by atoms with Crippen molar-refractivity contribution in [2.45, 2.75) is 5.79 Å². The number of benzene rings is 1. The summed E-state index contributed by atoms with van der Waals surface area (Å²) in [5, 5.41) is 1.08. The standard InChI is InChI=1S/C14H13N3O3/c1-18-14(19-2)11-7-9-5-3-4-6-10(9)16(11)17-12(14)8-13(15)20-17/h3-8,15H,1-2H3/p+1. The number of hydrogen-bond donors (Lipinski definition) is 1. The monoisotopic (exact) mass is 272 g/mol. The van der Waals surface area contributed by atoms with Crippen LogP contribution in [0.15, 0.2) is 40.9 Å². The van der Waals surface area contributed by atoms with Gasteiger partial charge in [-0.1, -0.05) is 22.9 Å². The lowest BCUT2D eigenvalue weighted by atomic mass is 10.1. The molecule has 6 heteroatoms.